The maximum atomic E-state index is 13.3. The summed E-state index contributed by atoms with van der Waals surface area (Å²) in [5.74, 6) is -1.81. The van der Waals surface area contributed by atoms with Crippen molar-refractivity contribution >= 4 is 38.9 Å². The van der Waals surface area contributed by atoms with Crippen molar-refractivity contribution in [3.63, 3.8) is 0 Å². The summed E-state index contributed by atoms with van der Waals surface area (Å²) in [6.07, 6.45) is -0.871. The van der Waals surface area contributed by atoms with Crippen LogP contribution in [0.5, 0.6) is 5.75 Å². The molecule has 1 amide bonds. The molecule has 0 fully saturated rings. The molecule has 2 aromatic carbocycles. The number of fused-ring (bicyclic) bond motifs is 5. The summed E-state index contributed by atoms with van der Waals surface area (Å²) >= 11 is 0. The smallest absolute Gasteiger partial charge is 0.419 e. The van der Waals surface area contributed by atoms with Crippen LogP contribution >= 0.6 is 0 Å². The molecule has 1 aliphatic carbocycles. The number of amides is 1. The molecule has 0 atom stereocenters. The minimum atomic E-state index is -4.10. The van der Waals surface area contributed by atoms with Gasteiger partial charge < -0.3 is 9.47 Å². The first-order valence-corrected chi connectivity index (χ1v) is 10.8. The second-order valence-corrected chi connectivity index (χ2v) is 9.74. The second-order valence-electron chi connectivity index (χ2n) is 7.85. The zero-order valence-corrected chi connectivity index (χ0v) is 17.6. The first-order valence-electron chi connectivity index (χ1n) is 9.29. The minimum absolute atomic E-state index is 0.0191. The van der Waals surface area contributed by atoms with Crippen molar-refractivity contribution in [3.8, 4) is 5.75 Å². The number of sulfone groups is 1. The van der Waals surface area contributed by atoms with Gasteiger partial charge in [-0.3, -0.25) is 9.59 Å². The Morgan fingerprint density at radius 1 is 1.07 bits per heavy atom. The summed E-state index contributed by atoms with van der Waals surface area (Å²) in [5, 5.41) is 0. The molecule has 2 bridgehead atoms. The van der Waals surface area contributed by atoms with Crippen LogP contribution in [-0.4, -0.2) is 38.3 Å². The SMILES string of the molecule is CCOc1c2cc3c(c1C(=O)C2=O)N(C(=O)OC(C)(C)C)c1ccccc1S3(=O)=O. The van der Waals surface area contributed by atoms with Gasteiger partial charge in [-0.25, -0.2) is 18.1 Å². The number of para-hydroxylation sites is 1. The zero-order valence-electron chi connectivity index (χ0n) is 16.8. The molecule has 156 valence electrons. The number of nitrogens with zero attached hydrogens (tertiary/aromatic N) is 1. The van der Waals surface area contributed by atoms with E-state index in [1.165, 1.54) is 18.2 Å². The lowest BCUT2D eigenvalue weighted by molar-refractivity contribution is 0.0597. The molecule has 0 saturated carbocycles. The van der Waals surface area contributed by atoms with Gasteiger partial charge in [0.2, 0.25) is 21.4 Å². The van der Waals surface area contributed by atoms with Crippen LogP contribution in [-0.2, 0) is 14.6 Å². The Kier molecular flexibility index (Phi) is 4.28. The van der Waals surface area contributed by atoms with Gasteiger partial charge in [0.05, 0.1) is 38.9 Å². The highest BCUT2D eigenvalue weighted by Gasteiger charge is 2.48. The van der Waals surface area contributed by atoms with Gasteiger partial charge in [0.1, 0.15) is 11.4 Å². The Morgan fingerprint density at radius 3 is 2.37 bits per heavy atom. The normalized spacial score (nSPS) is 16.2. The predicted octanol–water partition coefficient (Wildman–Crippen LogP) is 3.68. The highest BCUT2D eigenvalue weighted by atomic mass is 32.2. The number of anilines is 2. The van der Waals surface area contributed by atoms with E-state index < -0.39 is 33.1 Å². The van der Waals surface area contributed by atoms with E-state index in [0.717, 1.165) is 11.0 Å². The molecular formula is C21H19NO7S. The van der Waals surface area contributed by atoms with Crippen molar-refractivity contribution < 1.29 is 32.3 Å². The molecule has 0 spiro atoms. The van der Waals surface area contributed by atoms with Crippen molar-refractivity contribution in [2.75, 3.05) is 11.5 Å². The van der Waals surface area contributed by atoms with Gasteiger partial charge in [-0.2, -0.15) is 0 Å². The minimum Gasteiger partial charge on any atom is -0.492 e. The van der Waals surface area contributed by atoms with Crippen molar-refractivity contribution in [1.82, 2.24) is 0 Å². The van der Waals surface area contributed by atoms with E-state index in [1.54, 1.807) is 33.8 Å². The summed E-state index contributed by atoms with van der Waals surface area (Å²) in [5.41, 5.74) is -1.42. The summed E-state index contributed by atoms with van der Waals surface area (Å²) in [6, 6.07) is 7.02. The van der Waals surface area contributed by atoms with Gasteiger partial charge in [-0.15, -0.1) is 0 Å². The van der Waals surface area contributed by atoms with Crippen molar-refractivity contribution in [1.29, 1.82) is 0 Å². The van der Waals surface area contributed by atoms with Gasteiger partial charge in [0.25, 0.3) is 0 Å². The van der Waals surface area contributed by atoms with E-state index in [-0.39, 0.29) is 44.6 Å². The summed E-state index contributed by atoms with van der Waals surface area (Å²) in [6.45, 7) is 6.82. The van der Waals surface area contributed by atoms with E-state index in [9.17, 15) is 22.8 Å². The third kappa shape index (κ3) is 2.72. The standard InChI is InChI=1S/C21H19NO7S/c1-5-28-19-11-10-14-16(15(19)18(24)17(11)23)22(20(25)29-21(2,3)4)12-8-6-7-9-13(12)30(14,26)27/h6-10H,5H2,1-4H3. The Bertz CT molecular complexity index is 1240. The van der Waals surface area contributed by atoms with Crippen LogP contribution in [0.4, 0.5) is 16.2 Å². The van der Waals surface area contributed by atoms with Gasteiger partial charge in [0.15, 0.2) is 0 Å². The van der Waals surface area contributed by atoms with Crippen LogP contribution in [0.25, 0.3) is 0 Å². The molecule has 1 heterocycles. The molecule has 2 aliphatic rings. The quantitative estimate of drug-likeness (QED) is 0.670. The Hall–Kier alpha value is -3.20. The first kappa shape index (κ1) is 20.1. The molecule has 0 saturated heterocycles. The van der Waals surface area contributed by atoms with Crippen LogP contribution in [0, 0.1) is 0 Å². The zero-order chi connectivity index (χ0) is 22.0. The molecule has 0 radical (unpaired) electrons. The second kappa shape index (κ2) is 6.40. The lowest BCUT2D eigenvalue weighted by Crippen LogP contribution is -2.37. The number of rotatable bonds is 2. The molecular weight excluding hydrogens is 410 g/mol. The highest BCUT2D eigenvalue weighted by Crippen LogP contribution is 2.52. The topological polar surface area (TPSA) is 107 Å². The van der Waals surface area contributed by atoms with E-state index in [0.29, 0.717) is 0 Å². The Balaban J connectivity index is 2.10. The molecule has 30 heavy (non-hydrogen) atoms. The van der Waals surface area contributed by atoms with Crippen LogP contribution in [0.15, 0.2) is 40.1 Å². The van der Waals surface area contributed by atoms with Crippen molar-refractivity contribution in [2.24, 2.45) is 0 Å². The third-order valence-electron chi connectivity index (χ3n) is 4.67. The van der Waals surface area contributed by atoms with E-state index in [2.05, 4.69) is 0 Å². The number of Topliss-reactive ketones (excluding diaryl/α,β-unsaturated/α-hetero) is 2. The largest absolute Gasteiger partial charge is 0.492 e. The molecule has 4 rings (SSSR count). The summed E-state index contributed by atoms with van der Waals surface area (Å²) in [7, 11) is -4.10. The number of ether oxygens (including phenoxy) is 2. The van der Waals surface area contributed by atoms with Gasteiger partial charge in [-0.1, -0.05) is 12.1 Å². The predicted molar refractivity (Wildman–Crippen MR) is 107 cm³/mol. The number of benzene rings is 2. The molecule has 0 aromatic heterocycles. The highest BCUT2D eigenvalue weighted by molar-refractivity contribution is 7.92. The summed E-state index contributed by atoms with van der Waals surface area (Å²) in [4.78, 5) is 39.1. The monoisotopic (exact) mass is 429 g/mol. The van der Waals surface area contributed by atoms with Gasteiger partial charge in [-0.05, 0) is 45.9 Å². The molecule has 0 N–H and O–H groups in total. The lowest BCUT2D eigenvalue weighted by Gasteiger charge is -2.33. The number of carbonyl (C=O) groups is 3. The van der Waals surface area contributed by atoms with Crippen molar-refractivity contribution in [3.05, 3.63) is 41.5 Å². The van der Waals surface area contributed by atoms with Crippen molar-refractivity contribution in [2.45, 2.75) is 43.1 Å². The number of ketones is 2. The Morgan fingerprint density at radius 2 is 1.73 bits per heavy atom. The lowest BCUT2D eigenvalue weighted by atomic mass is 10.1. The fourth-order valence-electron chi connectivity index (χ4n) is 3.57. The maximum Gasteiger partial charge on any atom is 0.419 e. The molecule has 9 heteroatoms. The van der Waals surface area contributed by atoms with Gasteiger partial charge >= 0.3 is 6.09 Å². The fourth-order valence-corrected chi connectivity index (χ4v) is 5.22. The number of hydrogen-bond donors (Lipinski definition) is 0. The third-order valence-corrected chi connectivity index (χ3v) is 6.48. The van der Waals surface area contributed by atoms with Crippen LogP contribution in [0.3, 0.4) is 0 Å². The van der Waals surface area contributed by atoms with E-state index in [1.807, 2.05) is 0 Å². The molecule has 8 nitrogen and oxygen atoms in total. The molecule has 2 aromatic rings. The summed E-state index contributed by atoms with van der Waals surface area (Å²) < 4.78 is 37.6. The molecule has 0 unspecified atom stereocenters. The fraction of sp³-hybridized carbons (Fsp3) is 0.286. The average molecular weight is 429 g/mol. The number of carbonyl (C=O) groups excluding carboxylic acids is 3. The number of hydrogen-bond acceptors (Lipinski definition) is 7. The maximum absolute atomic E-state index is 13.3. The van der Waals surface area contributed by atoms with E-state index >= 15 is 0 Å². The Labute approximate surface area is 173 Å². The average Bonchev–Trinajstić information content (AvgIpc) is 2.80. The van der Waals surface area contributed by atoms with Crippen LogP contribution in [0.2, 0.25) is 0 Å². The first-order chi connectivity index (χ1) is 14.0. The van der Waals surface area contributed by atoms with Crippen LogP contribution in [0.1, 0.15) is 48.4 Å². The van der Waals surface area contributed by atoms with Crippen LogP contribution < -0.4 is 9.64 Å². The van der Waals surface area contributed by atoms with E-state index in [4.69, 9.17) is 9.47 Å². The molecule has 1 aliphatic heterocycles. The van der Waals surface area contributed by atoms with Gasteiger partial charge in [0, 0.05) is 0 Å².